The maximum Gasteiger partial charge on any atom is 0.166 e. The first-order valence-corrected chi connectivity index (χ1v) is 25.9. The van der Waals surface area contributed by atoms with Crippen molar-refractivity contribution in [2.45, 2.75) is 105 Å². The molecule has 6 heteroatoms. The number of nitriles is 1. The highest BCUT2D eigenvalue weighted by molar-refractivity contribution is 6.12. The maximum absolute atomic E-state index is 11.2. The van der Waals surface area contributed by atoms with Gasteiger partial charge in [-0.2, -0.15) is 5.26 Å². The van der Waals surface area contributed by atoms with E-state index in [4.69, 9.17) is 15.0 Å². The van der Waals surface area contributed by atoms with Crippen LogP contribution < -0.4 is 0 Å². The molecule has 3 aromatic heterocycles. The molecule has 0 atom stereocenters. The van der Waals surface area contributed by atoms with Crippen LogP contribution in [0.1, 0.15) is 111 Å². The molecule has 74 heavy (non-hydrogen) atoms. The van der Waals surface area contributed by atoms with E-state index in [0.29, 0.717) is 23.0 Å². The molecular formula is C68H64N6. The molecule has 0 radical (unpaired) electrons. The second kappa shape index (κ2) is 17.5. The Morgan fingerprint density at radius 3 is 1.14 bits per heavy atom. The lowest BCUT2D eigenvalue weighted by Gasteiger charge is -2.21. The van der Waals surface area contributed by atoms with Gasteiger partial charge in [-0.3, -0.25) is 0 Å². The zero-order chi connectivity index (χ0) is 52.1. The van der Waals surface area contributed by atoms with E-state index in [-0.39, 0.29) is 21.7 Å². The van der Waals surface area contributed by atoms with Gasteiger partial charge in [0.25, 0.3) is 0 Å². The number of para-hydroxylation sites is 1. The molecule has 0 unspecified atom stereocenters. The normalized spacial score (nSPS) is 12.6. The monoisotopic (exact) mass is 965 g/mol. The van der Waals surface area contributed by atoms with E-state index < -0.39 is 0 Å². The molecule has 0 spiro atoms. The molecule has 0 aliphatic carbocycles. The Morgan fingerprint density at radius 2 is 0.743 bits per heavy atom. The molecule has 0 fully saturated rings. The van der Waals surface area contributed by atoms with Crippen LogP contribution in [0.25, 0.3) is 100 Å². The van der Waals surface area contributed by atoms with Crippen LogP contribution in [0.4, 0.5) is 0 Å². The van der Waals surface area contributed by atoms with E-state index in [1.54, 1.807) is 0 Å². The Hall–Kier alpha value is -8.14. The average molecular weight is 965 g/mol. The van der Waals surface area contributed by atoms with Crippen molar-refractivity contribution in [2.24, 2.45) is 0 Å². The van der Waals surface area contributed by atoms with Gasteiger partial charge in [0, 0.05) is 43.8 Å². The molecule has 0 amide bonds. The Balaban J connectivity index is 1.25. The van der Waals surface area contributed by atoms with Gasteiger partial charge in [-0.05, 0) is 116 Å². The molecule has 0 saturated heterocycles. The maximum atomic E-state index is 11.2. The minimum absolute atomic E-state index is 0.0597. The minimum Gasteiger partial charge on any atom is -0.308 e. The van der Waals surface area contributed by atoms with Crippen molar-refractivity contribution >= 4 is 43.6 Å². The zero-order valence-corrected chi connectivity index (χ0v) is 44.8. The van der Waals surface area contributed by atoms with Crippen molar-refractivity contribution in [3.8, 4) is 62.7 Å². The van der Waals surface area contributed by atoms with Gasteiger partial charge in [-0.15, -0.1) is 0 Å². The number of rotatable bonds is 6. The van der Waals surface area contributed by atoms with Gasteiger partial charge < -0.3 is 9.13 Å². The fourth-order valence-electron chi connectivity index (χ4n) is 10.5. The SMILES string of the molecule is CC(C)(C)c1ccc2c(c1)c1cc(C(C)(C)C)ccc1n2-c1cc(-c2cccc(C#N)c2-n2c3ccc(C(C)(C)C)cc3c3cc(C(C)(C)C)ccc32)ccc1-c1nc(-c2ccccc2)nc(-c2ccccc2)n1. The van der Waals surface area contributed by atoms with Gasteiger partial charge in [-0.25, -0.2) is 15.0 Å². The average Bonchev–Trinajstić information content (AvgIpc) is 3.90. The predicted octanol–water partition coefficient (Wildman–Crippen LogP) is 17.8. The van der Waals surface area contributed by atoms with E-state index in [0.717, 1.165) is 61.3 Å². The van der Waals surface area contributed by atoms with E-state index >= 15 is 0 Å². The summed E-state index contributed by atoms with van der Waals surface area (Å²) in [7, 11) is 0. The molecule has 0 saturated carbocycles. The number of hydrogen-bond acceptors (Lipinski definition) is 4. The smallest absolute Gasteiger partial charge is 0.166 e. The van der Waals surface area contributed by atoms with Crippen molar-refractivity contribution in [1.82, 2.24) is 24.1 Å². The third-order valence-corrected chi connectivity index (χ3v) is 14.9. The Morgan fingerprint density at radius 1 is 0.351 bits per heavy atom. The van der Waals surface area contributed by atoms with Crippen LogP contribution >= 0.6 is 0 Å². The van der Waals surface area contributed by atoms with Gasteiger partial charge in [0.1, 0.15) is 6.07 Å². The van der Waals surface area contributed by atoms with Gasteiger partial charge in [0.15, 0.2) is 17.5 Å². The first kappa shape index (κ1) is 48.1. The lowest BCUT2D eigenvalue weighted by Crippen LogP contribution is -2.10. The molecule has 0 N–H and O–H groups in total. The summed E-state index contributed by atoms with van der Waals surface area (Å²) in [6, 6.07) is 63.4. The molecule has 8 aromatic carbocycles. The quantitative estimate of drug-likeness (QED) is 0.166. The first-order chi connectivity index (χ1) is 35.2. The lowest BCUT2D eigenvalue weighted by atomic mass is 9.85. The summed E-state index contributed by atoms with van der Waals surface area (Å²) in [5.74, 6) is 1.75. The molecule has 0 aliphatic rings. The number of hydrogen-bond donors (Lipinski definition) is 0. The Kier molecular flexibility index (Phi) is 11.4. The second-order valence-corrected chi connectivity index (χ2v) is 24.2. The van der Waals surface area contributed by atoms with Crippen LogP contribution in [-0.4, -0.2) is 24.1 Å². The number of nitrogens with zero attached hydrogens (tertiary/aromatic N) is 6. The van der Waals surface area contributed by atoms with E-state index in [9.17, 15) is 5.26 Å². The summed E-state index contributed by atoms with van der Waals surface area (Å²) < 4.78 is 4.74. The van der Waals surface area contributed by atoms with Gasteiger partial charge >= 0.3 is 0 Å². The van der Waals surface area contributed by atoms with Gasteiger partial charge in [0.05, 0.1) is 39.0 Å². The van der Waals surface area contributed by atoms with Crippen LogP contribution in [0.15, 0.2) is 170 Å². The van der Waals surface area contributed by atoms with E-state index in [1.165, 1.54) is 43.8 Å². The van der Waals surface area contributed by atoms with Crippen molar-refractivity contribution in [3.63, 3.8) is 0 Å². The summed E-state index contributed by atoms with van der Waals surface area (Å²) in [5.41, 5.74) is 16.0. The summed E-state index contributed by atoms with van der Waals surface area (Å²) in [5, 5.41) is 15.9. The third kappa shape index (κ3) is 8.44. The van der Waals surface area contributed by atoms with E-state index in [1.807, 2.05) is 48.5 Å². The van der Waals surface area contributed by atoms with Crippen LogP contribution in [0, 0.1) is 11.3 Å². The molecule has 3 heterocycles. The van der Waals surface area contributed by atoms with Crippen molar-refractivity contribution in [2.75, 3.05) is 0 Å². The highest BCUT2D eigenvalue weighted by Gasteiger charge is 2.27. The fourth-order valence-corrected chi connectivity index (χ4v) is 10.5. The summed E-state index contributed by atoms with van der Waals surface area (Å²) in [6.45, 7) is 27.3. The topological polar surface area (TPSA) is 72.3 Å². The van der Waals surface area contributed by atoms with Crippen LogP contribution in [0.3, 0.4) is 0 Å². The second-order valence-electron chi connectivity index (χ2n) is 24.2. The molecule has 0 bridgehead atoms. The number of fused-ring (bicyclic) bond motifs is 6. The standard InChI is InChI=1S/C68H64N6/c1-65(2,3)46-27-32-56-52(37-46)53-38-47(66(4,5)6)28-33-57(53)73(56)60-36-44(26-31-51(60)64-71-62(42-20-15-13-16-21-42)70-63(72-64)43-22-17-14-18-23-43)50-25-19-24-45(41-69)61(50)74-58-34-29-48(67(7,8)9)39-54(58)55-40-49(68(10,11)12)30-35-59(55)74/h13-40H,1-12H3. The fraction of sp³-hybridized carbons (Fsp3) is 0.235. The molecule has 0 aliphatic heterocycles. The molecule has 6 nitrogen and oxygen atoms in total. The van der Waals surface area contributed by atoms with Crippen LogP contribution in [0.2, 0.25) is 0 Å². The van der Waals surface area contributed by atoms with Crippen molar-refractivity contribution in [1.29, 1.82) is 5.26 Å². The largest absolute Gasteiger partial charge is 0.308 e. The van der Waals surface area contributed by atoms with Crippen LogP contribution in [-0.2, 0) is 21.7 Å². The number of benzene rings is 8. The zero-order valence-electron chi connectivity index (χ0n) is 44.8. The molecule has 11 rings (SSSR count). The Labute approximate surface area is 436 Å². The predicted molar refractivity (Wildman–Crippen MR) is 310 cm³/mol. The highest BCUT2D eigenvalue weighted by Crippen LogP contribution is 2.45. The van der Waals surface area contributed by atoms with E-state index in [2.05, 4.69) is 220 Å². The van der Waals surface area contributed by atoms with Crippen LogP contribution in [0.5, 0.6) is 0 Å². The lowest BCUT2D eigenvalue weighted by molar-refractivity contribution is 0.590. The minimum atomic E-state index is -0.0700. The van der Waals surface area contributed by atoms with Gasteiger partial charge in [0.2, 0.25) is 0 Å². The Bertz CT molecular complexity index is 3840. The summed E-state index contributed by atoms with van der Waals surface area (Å²) in [6.07, 6.45) is 0. The molecule has 366 valence electrons. The highest BCUT2D eigenvalue weighted by atomic mass is 15.1. The van der Waals surface area contributed by atoms with Crippen molar-refractivity contribution < 1.29 is 0 Å². The number of aromatic nitrogens is 5. The first-order valence-electron chi connectivity index (χ1n) is 25.9. The third-order valence-electron chi connectivity index (χ3n) is 14.9. The summed E-state index contributed by atoms with van der Waals surface area (Å²) >= 11 is 0. The molecular weight excluding hydrogens is 901 g/mol. The van der Waals surface area contributed by atoms with Crippen molar-refractivity contribution in [3.05, 3.63) is 198 Å². The summed E-state index contributed by atoms with van der Waals surface area (Å²) in [4.78, 5) is 15.8. The van der Waals surface area contributed by atoms with Gasteiger partial charge in [-0.1, -0.05) is 186 Å². The molecule has 11 aromatic rings.